The van der Waals surface area contributed by atoms with Gasteiger partial charge in [0.2, 0.25) is 5.75 Å². The molecule has 1 aromatic rings. The maximum atomic E-state index is 13.2. The average molecular weight is 353 g/mol. The van der Waals surface area contributed by atoms with Crippen molar-refractivity contribution in [1.82, 2.24) is 10.6 Å². The fourth-order valence-corrected chi connectivity index (χ4v) is 2.80. The summed E-state index contributed by atoms with van der Waals surface area (Å²) in [6.45, 7) is 1.40. The number of carbonyl (C=O) groups is 2. The van der Waals surface area contributed by atoms with Crippen LogP contribution in [0.2, 0.25) is 0 Å². The van der Waals surface area contributed by atoms with E-state index in [1.165, 1.54) is 0 Å². The quantitative estimate of drug-likeness (QED) is 0.624. The fraction of sp³-hybridized carbons (Fsp3) is 0.500. The summed E-state index contributed by atoms with van der Waals surface area (Å²) in [7, 11) is 0. The molecule has 3 amide bonds. The van der Waals surface area contributed by atoms with Crippen LogP contribution >= 0.6 is 0 Å². The number of benzene rings is 1. The molecule has 1 aliphatic rings. The van der Waals surface area contributed by atoms with Crippen molar-refractivity contribution >= 4 is 17.6 Å². The lowest BCUT2D eigenvalue weighted by Gasteiger charge is -2.29. The third kappa shape index (κ3) is 5.40. The summed E-state index contributed by atoms with van der Waals surface area (Å²) in [6, 6.07) is 2.05. The second kappa shape index (κ2) is 8.41. The highest BCUT2D eigenvalue weighted by Crippen LogP contribution is 2.27. The van der Waals surface area contributed by atoms with Gasteiger partial charge >= 0.3 is 11.7 Å². The molecule has 0 radical (unpaired) electrons. The van der Waals surface area contributed by atoms with E-state index < -0.39 is 35.0 Å². The largest absolute Gasteiger partial charge is 0.477 e. The number of hydrogen-bond donors (Lipinski definition) is 2. The summed E-state index contributed by atoms with van der Waals surface area (Å²) in [6.07, 6.45) is 4.02. The summed E-state index contributed by atoms with van der Waals surface area (Å²) >= 11 is 0. The van der Waals surface area contributed by atoms with Crippen molar-refractivity contribution in [2.24, 2.45) is 5.92 Å². The normalized spacial score (nSPS) is 19.8. The molecule has 2 N–H and O–H groups in total. The van der Waals surface area contributed by atoms with Crippen molar-refractivity contribution in [3.05, 3.63) is 34.1 Å². The van der Waals surface area contributed by atoms with Crippen molar-refractivity contribution in [3.63, 3.8) is 0 Å². The molecule has 8 nitrogen and oxygen atoms in total. The number of ether oxygens (including phenoxy) is 1. The van der Waals surface area contributed by atoms with Crippen LogP contribution in [0.25, 0.3) is 0 Å². The van der Waals surface area contributed by atoms with Crippen LogP contribution in [0.4, 0.5) is 14.9 Å². The molecule has 25 heavy (non-hydrogen) atoms. The van der Waals surface area contributed by atoms with Crippen LogP contribution in [-0.2, 0) is 4.79 Å². The second-order valence-corrected chi connectivity index (χ2v) is 6.05. The predicted molar refractivity (Wildman–Crippen MR) is 86.6 cm³/mol. The van der Waals surface area contributed by atoms with E-state index >= 15 is 0 Å². The minimum absolute atomic E-state index is 0.00627. The van der Waals surface area contributed by atoms with Gasteiger partial charge in [0.1, 0.15) is 5.82 Å². The van der Waals surface area contributed by atoms with E-state index in [2.05, 4.69) is 10.6 Å². The molecule has 0 aliphatic heterocycles. The Morgan fingerprint density at radius 2 is 2.08 bits per heavy atom. The standard InChI is InChI=1S/C16H20FN3O5/c1-10-4-2-3-5-12(10)18-16(22)19-15(21)9-25-14-8-11(17)6-7-13(14)20(23)24/h6-8,10,12H,2-5,9H2,1H3,(H2,18,19,21,22). The van der Waals surface area contributed by atoms with Crippen molar-refractivity contribution in [1.29, 1.82) is 0 Å². The Bertz CT molecular complexity index is 667. The molecule has 0 bridgehead atoms. The number of rotatable bonds is 5. The molecular formula is C16H20FN3O5. The number of imide groups is 1. The zero-order valence-electron chi connectivity index (χ0n) is 13.8. The lowest BCUT2D eigenvalue weighted by molar-refractivity contribution is -0.385. The molecule has 2 rings (SSSR count). The average Bonchev–Trinajstić information content (AvgIpc) is 2.55. The molecule has 1 fully saturated rings. The number of halogens is 1. The topological polar surface area (TPSA) is 111 Å². The molecule has 136 valence electrons. The van der Waals surface area contributed by atoms with Gasteiger partial charge in [-0.2, -0.15) is 0 Å². The Morgan fingerprint density at radius 3 is 2.76 bits per heavy atom. The summed E-state index contributed by atoms with van der Waals surface area (Å²) in [4.78, 5) is 33.7. The molecule has 1 saturated carbocycles. The number of nitro groups is 1. The lowest BCUT2D eigenvalue weighted by atomic mass is 9.86. The van der Waals surface area contributed by atoms with Gasteiger partial charge in [0, 0.05) is 18.2 Å². The van der Waals surface area contributed by atoms with Gasteiger partial charge in [-0.15, -0.1) is 0 Å². The first-order valence-corrected chi connectivity index (χ1v) is 8.04. The number of hydrogen-bond acceptors (Lipinski definition) is 5. The Labute approximate surface area is 143 Å². The van der Waals surface area contributed by atoms with Crippen LogP contribution in [0.15, 0.2) is 18.2 Å². The third-order valence-corrected chi connectivity index (χ3v) is 4.16. The monoisotopic (exact) mass is 353 g/mol. The number of nitro benzene ring substituents is 1. The van der Waals surface area contributed by atoms with Crippen LogP contribution in [0.3, 0.4) is 0 Å². The smallest absolute Gasteiger partial charge is 0.321 e. The Hall–Kier alpha value is -2.71. The molecule has 0 aromatic heterocycles. The van der Waals surface area contributed by atoms with Gasteiger partial charge in [0.25, 0.3) is 5.91 Å². The van der Waals surface area contributed by atoms with E-state index in [9.17, 15) is 24.1 Å². The van der Waals surface area contributed by atoms with Crippen LogP contribution in [0, 0.1) is 21.8 Å². The summed E-state index contributed by atoms with van der Waals surface area (Å²) in [5.74, 6) is -1.55. The first kappa shape index (κ1) is 18.6. The minimum Gasteiger partial charge on any atom is -0.477 e. The van der Waals surface area contributed by atoms with Crippen molar-refractivity contribution in [2.75, 3.05) is 6.61 Å². The molecular weight excluding hydrogens is 333 g/mol. The highest BCUT2D eigenvalue weighted by atomic mass is 19.1. The number of amides is 3. The first-order valence-electron chi connectivity index (χ1n) is 8.04. The van der Waals surface area contributed by atoms with Crippen molar-refractivity contribution in [3.8, 4) is 5.75 Å². The zero-order chi connectivity index (χ0) is 18.4. The third-order valence-electron chi connectivity index (χ3n) is 4.16. The van der Waals surface area contributed by atoms with E-state index in [1.807, 2.05) is 6.92 Å². The highest BCUT2D eigenvalue weighted by molar-refractivity contribution is 5.95. The fourth-order valence-electron chi connectivity index (χ4n) is 2.80. The Morgan fingerprint density at radius 1 is 1.36 bits per heavy atom. The second-order valence-electron chi connectivity index (χ2n) is 6.05. The van der Waals surface area contributed by atoms with Crippen LogP contribution in [-0.4, -0.2) is 29.5 Å². The molecule has 2 unspecified atom stereocenters. The van der Waals surface area contributed by atoms with Gasteiger partial charge in [-0.3, -0.25) is 20.2 Å². The van der Waals surface area contributed by atoms with Gasteiger partial charge in [-0.25, -0.2) is 9.18 Å². The first-order chi connectivity index (χ1) is 11.9. The van der Waals surface area contributed by atoms with Gasteiger partial charge in [0.15, 0.2) is 6.61 Å². The van der Waals surface area contributed by atoms with Gasteiger partial charge in [-0.05, 0) is 24.8 Å². The molecule has 1 aliphatic carbocycles. The van der Waals surface area contributed by atoms with E-state index in [1.54, 1.807) is 0 Å². The number of nitrogens with zero attached hydrogens (tertiary/aromatic N) is 1. The van der Waals surface area contributed by atoms with Crippen LogP contribution < -0.4 is 15.4 Å². The van der Waals surface area contributed by atoms with E-state index in [-0.39, 0.29) is 11.8 Å². The molecule has 9 heteroatoms. The van der Waals surface area contributed by atoms with Gasteiger partial charge in [-0.1, -0.05) is 19.8 Å². The Balaban J connectivity index is 1.85. The van der Waals surface area contributed by atoms with E-state index in [4.69, 9.17) is 4.74 Å². The molecule has 2 atom stereocenters. The maximum absolute atomic E-state index is 13.2. The SMILES string of the molecule is CC1CCCCC1NC(=O)NC(=O)COc1cc(F)ccc1[N+](=O)[O-]. The zero-order valence-corrected chi connectivity index (χ0v) is 13.8. The molecule has 0 spiro atoms. The minimum atomic E-state index is -0.778. The Kier molecular flexibility index (Phi) is 6.26. The lowest BCUT2D eigenvalue weighted by Crippen LogP contribution is -2.48. The maximum Gasteiger partial charge on any atom is 0.321 e. The molecule has 0 saturated heterocycles. The van der Waals surface area contributed by atoms with Crippen LogP contribution in [0.5, 0.6) is 5.75 Å². The van der Waals surface area contributed by atoms with Gasteiger partial charge in [0.05, 0.1) is 4.92 Å². The van der Waals surface area contributed by atoms with Crippen molar-refractivity contribution < 1.29 is 23.6 Å². The number of carbonyl (C=O) groups excluding carboxylic acids is 2. The predicted octanol–water partition coefficient (Wildman–Crippen LogP) is 2.52. The molecule has 1 aromatic carbocycles. The van der Waals surface area contributed by atoms with E-state index in [0.29, 0.717) is 5.92 Å². The molecule has 0 heterocycles. The van der Waals surface area contributed by atoms with Crippen molar-refractivity contribution in [2.45, 2.75) is 38.6 Å². The van der Waals surface area contributed by atoms with Gasteiger partial charge < -0.3 is 10.1 Å². The number of urea groups is 1. The summed E-state index contributed by atoms with van der Waals surface area (Å²) in [5.41, 5.74) is -0.463. The van der Waals surface area contributed by atoms with E-state index in [0.717, 1.165) is 43.9 Å². The summed E-state index contributed by atoms with van der Waals surface area (Å²) in [5, 5.41) is 15.7. The number of nitrogens with one attached hydrogen (secondary N) is 2. The summed E-state index contributed by atoms with van der Waals surface area (Å²) < 4.78 is 18.2. The highest BCUT2D eigenvalue weighted by Gasteiger charge is 2.23. The van der Waals surface area contributed by atoms with Crippen LogP contribution in [0.1, 0.15) is 32.6 Å².